The number of hydrazone groups is 1. The van der Waals surface area contributed by atoms with E-state index in [1.54, 1.807) is 30.5 Å². The maximum absolute atomic E-state index is 11.7. The molecule has 0 atom stereocenters. The van der Waals surface area contributed by atoms with Crippen molar-refractivity contribution < 1.29 is 14.3 Å². The molecule has 1 amide bonds. The van der Waals surface area contributed by atoms with Crippen molar-refractivity contribution in [3.8, 4) is 11.5 Å². The Bertz CT molecular complexity index is 697. The zero-order chi connectivity index (χ0) is 16.8. The van der Waals surface area contributed by atoms with E-state index in [0.29, 0.717) is 27.8 Å². The maximum atomic E-state index is 11.7. The second-order valence-corrected chi connectivity index (χ2v) is 5.39. The first-order valence-corrected chi connectivity index (χ1v) is 7.40. The van der Waals surface area contributed by atoms with E-state index in [1.165, 1.54) is 13.3 Å². The number of rotatable bonds is 6. The fourth-order valence-corrected chi connectivity index (χ4v) is 2.13. The van der Waals surface area contributed by atoms with E-state index < -0.39 is 0 Å². The van der Waals surface area contributed by atoms with Gasteiger partial charge in [0, 0.05) is 6.20 Å². The number of halogens is 1. The average molecular weight is 336 g/mol. The van der Waals surface area contributed by atoms with Gasteiger partial charge in [0.1, 0.15) is 5.69 Å². The number of methoxy groups -OCH3 is 1. The molecule has 6 nitrogen and oxygen atoms in total. The van der Waals surface area contributed by atoms with Crippen LogP contribution in [0.5, 0.6) is 11.5 Å². The van der Waals surface area contributed by atoms with E-state index in [-0.39, 0.29) is 12.0 Å². The first-order valence-electron chi connectivity index (χ1n) is 7.02. The number of hydrogen-bond acceptors (Lipinski definition) is 4. The molecule has 2 rings (SSSR count). The summed E-state index contributed by atoms with van der Waals surface area (Å²) in [4.78, 5) is 14.5. The summed E-state index contributed by atoms with van der Waals surface area (Å²) in [6.45, 7) is 3.81. The Kier molecular flexibility index (Phi) is 5.65. The summed E-state index contributed by atoms with van der Waals surface area (Å²) >= 11 is 6.22. The predicted molar refractivity (Wildman–Crippen MR) is 89.6 cm³/mol. The van der Waals surface area contributed by atoms with Crippen molar-refractivity contribution in [2.45, 2.75) is 20.0 Å². The van der Waals surface area contributed by atoms with E-state index in [0.717, 1.165) is 0 Å². The van der Waals surface area contributed by atoms with Crippen LogP contribution in [-0.4, -0.2) is 30.3 Å². The fourth-order valence-electron chi connectivity index (χ4n) is 1.86. The zero-order valence-corrected chi connectivity index (χ0v) is 13.8. The summed E-state index contributed by atoms with van der Waals surface area (Å²) in [5, 5.41) is 4.32. The number of carbonyl (C=O) groups is 1. The monoisotopic (exact) mass is 335 g/mol. The average Bonchev–Trinajstić information content (AvgIpc) is 3.03. The van der Waals surface area contributed by atoms with Crippen LogP contribution in [0.3, 0.4) is 0 Å². The smallest absolute Gasteiger partial charge is 0.287 e. The van der Waals surface area contributed by atoms with Crippen LogP contribution in [0.1, 0.15) is 29.9 Å². The molecule has 0 spiro atoms. The third-order valence-corrected chi connectivity index (χ3v) is 3.11. The number of nitrogens with zero attached hydrogens (tertiary/aromatic N) is 1. The van der Waals surface area contributed by atoms with E-state index in [2.05, 4.69) is 15.5 Å². The highest BCUT2D eigenvalue weighted by molar-refractivity contribution is 6.32. The number of ether oxygens (including phenoxy) is 2. The fraction of sp³-hybridized carbons (Fsp3) is 0.250. The van der Waals surface area contributed by atoms with Crippen LogP contribution in [0.2, 0.25) is 5.02 Å². The molecule has 2 aromatic rings. The maximum Gasteiger partial charge on any atom is 0.287 e. The molecule has 0 aliphatic carbocycles. The Hall–Kier alpha value is -2.47. The SMILES string of the molecule is COc1cc(/C=N\NC(=O)c2ccc[nH]2)cc(Cl)c1OC(C)C. The normalized spacial score (nSPS) is 11.0. The molecule has 1 aromatic carbocycles. The topological polar surface area (TPSA) is 75.7 Å². The Morgan fingerprint density at radius 2 is 2.22 bits per heavy atom. The number of benzene rings is 1. The molecule has 0 saturated heterocycles. The third-order valence-electron chi connectivity index (χ3n) is 2.83. The van der Waals surface area contributed by atoms with Gasteiger partial charge < -0.3 is 14.5 Å². The van der Waals surface area contributed by atoms with Gasteiger partial charge in [-0.3, -0.25) is 4.79 Å². The van der Waals surface area contributed by atoms with E-state index >= 15 is 0 Å². The molecule has 23 heavy (non-hydrogen) atoms. The zero-order valence-electron chi connectivity index (χ0n) is 13.1. The first-order chi connectivity index (χ1) is 11.0. The molecule has 0 aliphatic rings. The van der Waals surface area contributed by atoms with Gasteiger partial charge in [0.2, 0.25) is 0 Å². The molecule has 0 aliphatic heterocycles. The molecule has 0 fully saturated rings. The second-order valence-electron chi connectivity index (χ2n) is 4.98. The Labute approximate surface area is 139 Å². The van der Waals surface area contributed by atoms with Crippen LogP contribution < -0.4 is 14.9 Å². The van der Waals surface area contributed by atoms with Crippen LogP contribution in [0, 0.1) is 0 Å². The molecule has 2 N–H and O–H groups in total. The molecule has 0 saturated carbocycles. The largest absolute Gasteiger partial charge is 0.493 e. The van der Waals surface area contributed by atoms with Crippen molar-refractivity contribution in [1.29, 1.82) is 0 Å². The molecule has 0 bridgehead atoms. The van der Waals surface area contributed by atoms with Crippen molar-refractivity contribution in [3.63, 3.8) is 0 Å². The van der Waals surface area contributed by atoms with Gasteiger partial charge in [-0.1, -0.05) is 11.6 Å². The van der Waals surface area contributed by atoms with Crippen LogP contribution >= 0.6 is 11.6 Å². The predicted octanol–water partition coefficient (Wildman–Crippen LogP) is 3.23. The summed E-state index contributed by atoms with van der Waals surface area (Å²) in [7, 11) is 1.53. The second kappa shape index (κ2) is 7.69. The standard InChI is InChI=1S/C16H18ClN3O3/c1-10(2)23-15-12(17)7-11(8-14(15)22-3)9-19-20-16(21)13-5-4-6-18-13/h4-10,18H,1-3H3,(H,20,21)/b19-9-. The van der Waals surface area contributed by atoms with Crippen molar-refractivity contribution in [1.82, 2.24) is 10.4 Å². The lowest BCUT2D eigenvalue weighted by atomic mass is 10.2. The lowest BCUT2D eigenvalue weighted by Gasteiger charge is -2.15. The first kappa shape index (κ1) is 16.9. The lowest BCUT2D eigenvalue weighted by molar-refractivity contribution is 0.0951. The van der Waals surface area contributed by atoms with Crippen molar-refractivity contribution in [2.24, 2.45) is 5.10 Å². The quantitative estimate of drug-likeness (QED) is 0.628. The number of hydrogen-bond donors (Lipinski definition) is 2. The van der Waals surface area contributed by atoms with Gasteiger partial charge in [0.05, 0.1) is 24.5 Å². The number of H-pyrrole nitrogens is 1. The van der Waals surface area contributed by atoms with Gasteiger partial charge in [0.15, 0.2) is 11.5 Å². The molecule has 1 aromatic heterocycles. The van der Waals surface area contributed by atoms with E-state index in [4.69, 9.17) is 21.1 Å². The minimum absolute atomic E-state index is 0.0269. The van der Waals surface area contributed by atoms with Gasteiger partial charge >= 0.3 is 0 Å². The van der Waals surface area contributed by atoms with E-state index in [1.807, 2.05) is 13.8 Å². The summed E-state index contributed by atoms with van der Waals surface area (Å²) in [5.41, 5.74) is 3.53. The number of aromatic amines is 1. The minimum atomic E-state index is -0.330. The molecular weight excluding hydrogens is 318 g/mol. The molecule has 0 radical (unpaired) electrons. The third kappa shape index (κ3) is 4.50. The Morgan fingerprint density at radius 1 is 1.43 bits per heavy atom. The highest BCUT2D eigenvalue weighted by Crippen LogP contribution is 2.36. The molecule has 0 unspecified atom stereocenters. The molecule has 122 valence electrons. The van der Waals surface area contributed by atoms with Crippen molar-refractivity contribution >= 4 is 23.7 Å². The number of carbonyl (C=O) groups excluding carboxylic acids is 1. The number of nitrogens with one attached hydrogen (secondary N) is 2. The van der Waals surface area contributed by atoms with Gasteiger partial charge in [0.25, 0.3) is 5.91 Å². The minimum Gasteiger partial charge on any atom is -0.493 e. The number of amides is 1. The van der Waals surface area contributed by atoms with Gasteiger partial charge in [-0.15, -0.1) is 0 Å². The van der Waals surface area contributed by atoms with Crippen molar-refractivity contribution in [2.75, 3.05) is 7.11 Å². The molecular formula is C16H18ClN3O3. The van der Waals surface area contributed by atoms with Gasteiger partial charge in [-0.05, 0) is 43.7 Å². The van der Waals surface area contributed by atoms with Gasteiger partial charge in [-0.2, -0.15) is 5.10 Å². The summed E-state index contributed by atoms with van der Waals surface area (Å²) < 4.78 is 10.9. The Balaban J connectivity index is 2.12. The van der Waals surface area contributed by atoms with Gasteiger partial charge in [-0.25, -0.2) is 5.43 Å². The highest BCUT2D eigenvalue weighted by atomic mass is 35.5. The van der Waals surface area contributed by atoms with Crippen LogP contribution in [0.4, 0.5) is 0 Å². The lowest BCUT2D eigenvalue weighted by Crippen LogP contribution is -2.17. The van der Waals surface area contributed by atoms with E-state index in [9.17, 15) is 4.79 Å². The Morgan fingerprint density at radius 3 is 2.83 bits per heavy atom. The van der Waals surface area contributed by atoms with Crippen LogP contribution in [0.15, 0.2) is 35.6 Å². The summed E-state index contributed by atoms with van der Waals surface area (Å²) in [5.74, 6) is 0.657. The molecule has 1 heterocycles. The summed E-state index contributed by atoms with van der Waals surface area (Å²) in [6.07, 6.45) is 3.12. The van der Waals surface area contributed by atoms with Crippen LogP contribution in [-0.2, 0) is 0 Å². The van der Waals surface area contributed by atoms with Crippen molar-refractivity contribution in [3.05, 3.63) is 46.7 Å². The number of aromatic nitrogens is 1. The van der Waals surface area contributed by atoms with Crippen LogP contribution in [0.25, 0.3) is 0 Å². The highest BCUT2D eigenvalue weighted by Gasteiger charge is 2.13. The molecule has 7 heteroatoms. The summed E-state index contributed by atoms with van der Waals surface area (Å²) in [6, 6.07) is 6.81.